The molecular weight excluding hydrogens is 314 g/mol. The second-order valence-electron chi connectivity index (χ2n) is 4.54. The summed E-state index contributed by atoms with van der Waals surface area (Å²) >= 11 is 9.60. The molecule has 1 unspecified atom stereocenters. The van der Waals surface area contributed by atoms with Gasteiger partial charge in [-0.25, -0.2) is 4.98 Å². The summed E-state index contributed by atoms with van der Waals surface area (Å²) in [5.41, 5.74) is 7.52. The zero-order chi connectivity index (χ0) is 13.3. The fraction of sp³-hybridized carbons (Fsp3) is 0.308. The number of benzene rings is 1. The van der Waals surface area contributed by atoms with Gasteiger partial charge in [-0.15, -0.1) is 0 Å². The van der Waals surface area contributed by atoms with E-state index in [9.17, 15) is 0 Å². The third kappa shape index (κ3) is 2.60. The van der Waals surface area contributed by atoms with E-state index in [1.807, 2.05) is 32.0 Å². The second-order valence-corrected chi connectivity index (χ2v) is 5.86. The first kappa shape index (κ1) is 13.6. The van der Waals surface area contributed by atoms with E-state index in [1.54, 1.807) is 6.20 Å². The molecule has 0 amide bonds. The number of nitrogens with one attached hydrogen (secondary N) is 1. The summed E-state index contributed by atoms with van der Waals surface area (Å²) in [5, 5.41) is 0.676. The predicted octanol–water partition coefficient (Wildman–Crippen LogP) is 4.08. The molecule has 0 fully saturated rings. The van der Waals surface area contributed by atoms with Gasteiger partial charge in [-0.2, -0.15) is 0 Å². The molecule has 0 aliphatic carbocycles. The molecule has 1 heterocycles. The highest BCUT2D eigenvalue weighted by atomic mass is 79.9. The fourth-order valence-electron chi connectivity index (χ4n) is 1.62. The number of rotatable bonds is 3. The summed E-state index contributed by atoms with van der Waals surface area (Å²) in [6.07, 6.45) is 2.58. The van der Waals surface area contributed by atoms with Gasteiger partial charge in [0.25, 0.3) is 0 Å². The van der Waals surface area contributed by atoms with Crippen molar-refractivity contribution in [2.75, 3.05) is 0 Å². The Morgan fingerprint density at radius 3 is 2.83 bits per heavy atom. The van der Waals surface area contributed by atoms with E-state index < -0.39 is 5.54 Å². The summed E-state index contributed by atoms with van der Waals surface area (Å²) < 4.78 is 0.952. The summed E-state index contributed by atoms with van der Waals surface area (Å²) in [7, 11) is 0. The predicted molar refractivity (Wildman–Crippen MR) is 78.6 cm³/mol. The van der Waals surface area contributed by atoms with Gasteiger partial charge in [0.1, 0.15) is 5.82 Å². The van der Waals surface area contributed by atoms with Gasteiger partial charge in [-0.05, 0) is 25.5 Å². The lowest BCUT2D eigenvalue weighted by Gasteiger charge is -2.19. The van der Waals surface area contributed by atoms with Crippen LogP contribution in [0.25, 0.3) is 11.3 Å². The van der Waals surface area contributed by atoms with Crippen LogP contribution in [0.4, 0.5) is 0 Å². The molecule has 18 heavy (non-hydrogen) atoms. The van der Waals surface area contributed by atoms with Crippen molar-refractivity contribution >= 4 is 27.5 Å². The van der Waals surface area contributed by atoms with Crippen LogP contribution in [-0.4, -0.2) is 9.97 Å². The normalized spacial score (nSPS) is 14.5. The molecule has 5 heteroatoms. The number of hydrogen-bond acceptors (Lipinski definition) is 2. The first-order valence-electron chi connectivity index (χ1n) is 5.74. The quantitative estimate of drug-likeness (QED) is 0.892. The number of H-pyrrole nitrogens is 1. The topological polar surface area (TPSA) is 54.7 Å². The van der Waals surface area contributed by atoms with Crippen molar-refractivity contribution in [3.8, 4) is 11.3 Å². The molecule has 2 rings (SSSR count). The molecule has 1 aromatic heterocycles. The Morgan fingerprint density at radius 1 is 1.50 bits per heavy atom. The van der Waals surface area contributed by atoms with Crippen LogP contribution in [0.1, 0.15) is 26.1 Å². The monoisotopic (exact) mass is 327 g/mol. The maximum absolute atomic E-state index is 6.21. The number of halogens is 2. The van der Waals surface area contributed by atoms with Crippen molar-refractivity contribution in [3.63, 3.8) is 0 Å². The molecule has 3 nitrogen and oxygen atoms in total. The highest BCUT2D eigenvalue weighted by Gasteiger charge is 2.22. The molecule has 96 valence electrons. The third-order valence-corrected chi connectivity index (χ3v) is 3.88. The maximum atomic E-state index is 6.21. The SMILES string of the molecule is CCC(C)(N)c1ncc(-c2ccc(Br)cc2Cl)[nH]1. The molecule has 0 aliphatic heterocycles. The van der Waals surface area contributed by atoms with Crippen LogP contribution in [0.15, 0.2) is 28.9 Å². The highest BCUT2D eigenvalue weighted by Crippen LogP contribution is 2.30. The van der Waals surface area contributed by atoms with Crippen LogP contribution in [0, 0.1) is 0 Å². The molecule has 3 N–H and O–H groups in total. The second kappa shape index (κ2) is 5.03. The van der Waals surface area contributed by atoms with Gasteiger partial charge in [-0.1, -0.05) is 40.5 Å². The summed E-state index contributed by atoms with van der Waals surface area (Å²) in [6.45, 7) is 3.99. The first-order valence-corrected chi connectivity index (χ1v) is 6.91. The van der Waals surface area contributed by atoms with E-state index in [-0.39, 0.29) is 0 Å². The molecular formula is C13H15BrClN3. The molecule has 0 spiro atoms. The van der Waals surface area contributed by atoms with Gasteiger partial charge in [0.15, 0.2) is 0 Å². The molecule has 0 saturated carbocycles. The van der Waals surface area contributed by atoms with Crippen LogP contribution in [0.3, 0.4) is 0 Å². The van der Waals surface area contributed by atoms with Crippen molar-refractivity contribution in [2.24, 2.45) is 5.73 Å². The van der Waals surface area contributed by atoms with Crippen LogP contribution in [0.5, 0.6) is 0 Å². The summed E-state index contributed by atoms with van der Waals surface area (Å²) in [5.74, 6) is 0.777. The Morgan fingerprint density at radius 2 is 2.22 bits per heavy atom. The molecule has 0 bridgehead atoms. The number of nitrogens with zero attached hydrogens (tertiary/aromatic N) is 1. The molecule has 1 aromatic carbocycles. The Kier molecular flexibility index (Phi) is 3.80. The van der Waals surface area contributed by atoms with Gasteiger partial charge < -0.3 is 10.7 Å². The number of hydrogen-bond donors (Lipinski definition) is 2. The van der Waals surface area contributed by atoms with Crippen LogP contribution in [-0.2, 0) is 5.54 Å². The van der Waals surface area contributed by atoms with Crippen molar-refractivity contribution < 1.29 is 0 Å². The zero-order valence-electron chi connectivity index (χ0n) is 10.3. The number of aromatic amines is 1. The van der Waals surface area contributed by atoms with Crippen LogP contribution in [0.2, 0.25) is 5.02 Å². The van der Waals surface area contributed by atoms with Crippen LogP contribution >= 0.6 is 27.5 Å². The Labute approximate surface area is 120 Å². The fourth-order valence-corrected chi connectivity index (χ4v) is 2.40. The van der Waals surface area contributed by atoms with E-state index in [4.69, 9.17) is 17.3 Å². The Balaban J connectivity index is 2.41. The third-order valence-electron chi connectivity index (χ3n) is 3.07. The summed E-state index contributed by atoms with van der Waals surface area (Å²) in [6, 6.07) is 5.76. The van der Waals surface area contributed by atoms with E-state index in [2.05, 4.69) is 25.9 Å². The van der Waals surface area contributed by atoms with Gasteiger partial charge >= 0.3 is 0 Å². The number of aromatic nitrogens is 2. The van der Waals surface area contributed by atoms with Crippen molar-refractivity contribution in [1.29, 1.82) is 0 Å². The number of imidazole rings is 1. The molecule has 1 atom stereocenters. The van der Waals surface area contributed by atoms with Gasteiger partial charge in [0.2, 0.25) is 0 Å². The Hall–Kier alpha value is -0.840. The van der Waals surface area contributed by atoms with Crippen molar-refractivity contribution in [1.82, 2.24) is 9.97 Å². The average Bonchev–Trinajstić information content (AvgIpc) is 2.79. The minimum absolute atomic E-state index is 0.444. The molecule has 0 saturated heterocycles. The standard InChI is InChI=1S/C13H15BrClN3/c1-3-13(2,16)12-17-7-11(18-12)9-5-4-8(14)6-10(9)15/h4-7H,3,16H2,1-2H3,(H,17,18). The van der Waals surface area contributed by atoms with Gasteiger partial charge in [0, 0.05) is 10.0 Å². The minimum atomic E-state index is -0.444. The lowest BCUT2D eigenvalue weighted by molar-refractivity contribution is 0.450. The maximum Gasteiger partial charge on any atom is 0.126 e. The minimum Gasteiger partial charge on any atom is -0.340 e. The lowest BCUT2D eigenvalue weighted by atomic mass is 10.00. The number of nitrogens with two attached hydrogens (primary N) is 1. The van der Waals surface area contributed by atoms with Crippen molar-refractivity contribution in [2.45, 2.75) is 25.8 Å². The first-order chi connectivity index (χ1) is 8.44. The molecule has 0 aliphatic rings. The van der Waals surface area contributed by atoms with Gasteiger partial charge in [-0.3, -0.25) is 0 Å². The van der Waals surface area contributed by atoms with Crippen LogP contribution < -0.4 is 5.73 Å². The largest absolute Gasteiger partial charge is 0.340 e. The van der Waals surface area contributed by atoms with E-state index in [0.717, 1.165) is 28.0 Å². The molecule has 2 aromatic rings. The molecule has 0 radical (unpaired) electrons. The Bertz CT molecular complexity index is 563. The van der Waals surface area contributed by atoms with Gasteiger partial charge in [0.05, 0.1) is 22.5 Å². The smallest absolute Gasteiger partial charge is 0.126 e. The van der Waals surface area contributed by atoms with E-state index in [0.29, 0.717) is 5.02 Å². The highest BCUT2D eigenvalue weighted by molar-refractivity contribution is 9.10. The summed E-state index contributed by atoms with van der Waals surface area (Å²) in [4.78, 5) is 7.59. The average molecular weight is 329 g/mol. The van der Waals surface area contributed by atoms with E-state index >= 15 is 0 Å². The van der Waals surface area contributed by atoms with Crippen molar-refractivity contribution in [3.05, 3.63) is 39.7 Å². The van der Waals surface area contributed by atoms with E-state index in [1.165, 1.54) is 0 Å². The zero-order valence-corrected chi connectivity index (χ0v) is 12.6. The lowest BCUT2D eigenvalue weighted by Crippen LogP contribution is -2.33.